The predicted octanol–water partition coefficient (Wildman–Crippen LogP) is 2.93. The van der Waals surface area contributed by atoms with Crippen LogP contribution in [0.25, 0.3) is 0 Å². The Hall–Kier alpha value is -1.26. The van der Waals surface area contributed by atoms with Gasteiger partial charge in [-0.2, -0.15) is 0 Å². The summed E-state index contributed by atoms with van der Waals surface area (Å²) < 4.78 is 0. The van der Waals surface area contributed by atoms with E-state index in [1.54, 1.807) is 13.0 Å². The van der Waals surface area contributed by atoms with E-state index in [0.717, 1.165) is 18.4 Å². The molecule has 2 N–H and O–H groups in total. The van der Waals surface area contributed by atoms with Gasteiger partial charge < -0.3 is 10.2 Å². The van der Waals surface area contributed by atoms with E-state index in [4.69, 9.17) is 18.0 Å². The van der Waals surface area contributed by atoms with Crippen molar-refractivity contribution in [2.75, 3.05) is 0 Å². The van der Waals surface area contributed by atoms with Crippen molar-refractivity contribution in [1.29, 1.82) is 0 Å². The van der Waals surface area contributed by atoms with Crippen LogP contribution in [0.15, 0.2) is 11.6 Å². The normalized spacial score (nSPS) is 51.0. The maximum atomic E-state index is 12.0. The molecule has 0 aromatic rings. The summed E-state index contributed by atoms with van der Waals surface area (Å²) in [6, 6.07) is 0. The van der Waals surface area contributed by atoms with E-state index in [-0.39, 0.29) is 35.4 Å². The second-order valence-electron chi connectivity index (χ2n) is 9.08. The number of alkyl halides is 1. The lowest BCUT2D eigenvalue weighted by Gasteiger charge is -2.59. The highest BCUT2D eigenvalue weighted by molar-refractivity contribution is 6.23. The molecule has 4 aliphatic rings. The Kier molecular flexibility index (Phi) is 4.51. The molecule has 0 aromatic heterocycles. The summed E-state index contributed by atoms with van der Waals surface area (Å²) in [6.45, 7) is 3.83. The number of hydrogen-bond donors (Lipinski definition) is 2. The Balaban J connectivity index is 1.82. The number of aliphatic hydroxyl groups excluding tert-OH is 1. The summed E-state index contributed by atoms with van der Waals surface area (Å²) in [6.07, 6.45) is 10.2. The van der Waals surface area contributed by atoms with Gasteiger partial charge >= 0.3 is 0 Å². The Morgan fingerprint density at radius 3 is 2.74 bits per heavy atom. The maximum Gasteiger partial charge on any atom is 0.155 e. The highest BCUT2D eigenvalue weighted by Crippen LogP contribution is 2.66. The van der Waals surface area contributed by atoms with Gasteiger partial charge in [0.05, 0.1) is 11.5 Å². The summed E-state index contributed by atoms with van der Waals surface area (Å²) in [5.41, 5.74) is -0.670. The predicted molar refractivity (Wildman–Crippen MR) is 105 cm³/mol. The van der Waals surface area contributed by atoms with Gasteiger partial charge in [0, 0.05) is 17.8 Å². The van der Waals surface area contributed by atoms with Crippen molar-refractivity contribution >= 4 is 17.4 Å². The Labute approximate surface area is 166 Å². The first-order chi connectivity index (χ1) is 12.8. The minimum absolute atomic E-state index is 0.0695. The van der Waals surface area contributed by atoms with E-state index < -0.39 is 22.5 Å². The third-order valence-corrected chi connectivity index (χ3v) is 8.59. The highest BCUT2D eigenvalue weighted by Gasteiger charge is 2.66. The van der Waals surface area contributed by atoms with Gasteiger partial charge in [-0.3, -0.25) is 4.79 Å². The number of rotatable bonds is 0. The molecule has 3 fully saturated rings. The second kappa shape index (κ2) is 6.38. The quantitative estimate of drug-likeness (QED) is 0.497. The van der Waals surface area contributed by atoms with Gasteiger partial charge in [0.1, 0.15) is 5.60 Å². The van der Waals surface area contributed by atoms with Gasteiger partial charge in [0.15, 0.2) is 5.78 Å². The van der Waals surface area contributed by atoms with Crippen LogP contribution in [0.3, 0.4) is 0 Å². The SMILES string of the molecule is C#C[C@H]1C[C@@]2(C)[C@@H](CC[C@@]2(O)C#CC)[C@@H]2[C@H](O)[C@@H](Cl)C3=CC(=O)CC[C@@H]3[C@H]21. The molecular formula is C23H27ClO3. The molecular weight excluding hydrogens is 360 g/mol. The lowest BCUT2D eigenvalue weighted by molar-refractivity contribution is -0.133. The molecule has 4 aliphatic carbocycles. The smallest absolute Gasteiger partial charge is 0.155 e. The van der Waals surface area contributed by atoms with Crippen LogP contribution in [0.4, 0.5) is 0 Å². The van der Waals surface area contributed by atoms with Crippen LogP contribution in [-0.2, 0) is 4.79 Å². The van der Waals surface area contributed by atoms with Crippen LogP contribution < -0.4 is 0 Å². The van der Waals surface area contributed by atoms with Crippen molar-refractivity contribution in [2.24, 2.45) is 35.0 Å². The van der Waals surface area contributed by atoms with Crippen LogP contribution >= 0.6 is 11.6 Å². The average molecular weight is 387 g/mol. The van der Waals surface area contributed by atoms with Gasteiger partial charge in [-0.05, 0) is 67.9 Å². The van der Waals surface area contributed by atoms with E-state index in [1.807, 2.05) is 0 Å². The first kappa shape index (κ1) is 19.1. The van der Waals surface area contributed by atoms with Crippen LogP contribution in [0, 0.1) is 59.2 Å². The topological polar surface area (TPSA) is 57.5 Å². The number of fused-ring (bicyclic) bond motifs is 5. The van der Waals surface area contributed by atoms with Crippen molar-refractivity contribution < 1.29 is 15.0 Å². The molecule has 3 saturated carbocycles. The van der Waals surface area contributed by atoms with Crippen LogP contribution in [0.5, 0.6) is 0 Å². The fourth-order valence-electron chi connectivity index (χ4n) is 6.86. The molecule has 0 unspecified atom stereocenters. The van der Waals surface area contributed by atoms with Crippen molar-refractivity contribution in [3.8, 4) is 24.2 Å². The van der Waals surface area contributed by atoms with E-state index >= 15 is 0 Å². The third-order valence-electron chi connectivity index (χ3n) is 8.08. The highest BCUT2D eigenvalue weighted by atomic mass is 35.5. The summed E-state index contributed by atoms with van der Waals surface area (Å²) in [7, 11) is 0. The van der Waals surface area contributed by atoms with Crippen molar-refractivity contribution in [2.45, 2.75) is 63.0 Å². The number of ketones is 1. The zero-order valence-electron chi connectivity index (χ0n) is 15.9. The molecule has 9 atom stereocenters. The number of carbonyl (C=O) groups is 1. The van der Waals surface area contributed by atoms with Gasteiger partial charge in [-0.15, -0.1) is 29.9 Å². The number of aliphatic hydroxyl groups is 2. The number of hydrogen-bond acceptors (Lipinski definition) is 3. The molecule has 3 nitrogen and oxygen atoms in total. The third kappa shape index (κ3) is 2.49. The molecule has 0 aliphatic heterocycles. The lowest BCUT2D eigenvalue weighted by atomic mass is 9.47. The summed E-state index contributed by atoms with van der Waals surface area (Å²) >= 11 is 6.67. The molecule has 0 aromatic carbocycles. The molecule has 0 bridgehead atoms. The fourth-order valence-corrected chi connectivity index (χ4v) is 7.25. The van der Waals surface area contributed by atoms with Crippen LogP contribution in [0.2, 0.25) is 0 Å². The molecule has 0 heterocycles. The zero-order chi connectivity index (χ0) is 19.6. The Morgan fingerprint density at radius 1 is 1.33 bits per heavy atom. The van der Waals surface area contributed by atoms with E-state index in [0.29, 0.717) is 19.3 Å². The van der Waals surface area contributed by atoms with Crippen molar-refractivity contribution in [3.63, 3.8) is 0 Å². The largest absolute Gasteiger partial charge is 0.391 e. The Morgan fingerprint density at radius 2 is 2.07 bits per heavy atom. The van der Waals surface area contributed by atoms with Gasteiger partial charge in [0.25, 0.3) is 0 Å². The van der Waals surface area contributed by atoms with Crippen molar-refractivity contribution in [1.82, 2.24) is 0 Å². The lowest BCUT2D eigenvalue weighted by Crippen LogP contribution is -2.60. The van der Waals surface area contributed by atoms with Crippen LogP contribution in [-0.4, -0.2) is 33.1 Å². The molecule has 4 heteroatoms. The molecule has 0 amide bonds. The van der Waals surface area contributed by atoms with E-state index in [2.05, 4.69) is 24.7 Å². The molecule has 144 valence electrons. The standard InChI is InChI=1S/C23H27ClO3/c1-4-9-23(27)10-8-17-19-18(13(5-2)12-22(17,23)3)15-7-6-14(25)11-16(15)20(24)21(19)26/h2,11,13,15,17-21,26-27H,6-8,10,12H2,1,3H3/t13-,15-,17-,18+,19-,20-,21-,22-,23-/m0/s1. The van der Waals surface area contributed by atoms with E-state index in [9.17, 15) is 15.0 Å². The molecule has 0 radical (unpaired) electrons. The maximum absolute atomic E-state index is 12.0. The first-order valence-electron chi connectivity index (χ1n) is 9.96. The monoisotopic (exact) mass is 386 g/mol. The number of terminal acetylenes is 1. The molecule has 0 spiro atoms. The van der Waals surface area contributed by atoms with Gasteiger partial charge in [-0.1, -0.05) is 12.8 Å². The summed E-state index contributed by atoms with van der Waals surface area (Å²) in [4.78, 5) is 12.0. The number of carbonyl (C=O) groups excluding carboxylic acids is 1. The molecule has 27 heavy (non-hydrogen) atoms. The average Bonchev–Trinajstić information content (AvgIpc) is 2.89. The number of halogens is 1. The van der Waals surface area contributed by atoms with Gasteiger partial charge in [0.2, 0.25) is 0 Å². The molecule has 0 saturated heterocycles. The fraction of sp³-hybridized carbons (Fsp3) is 0.696. The molecule has 4 rings (SSSR count). The second-order valence-corrected chi connectivity index (χ2v) is 9.55. The summed E-state index contributed by atoms with van der Waals surface area (Å²) in [5.74, 6) is 9.24. The minimum Gasteiger partial charge on any atom is -0.391 e. The first-order valence-corrected chi connectivity index (χ1v) is 10.4. The summed E-state index contributed by atoms with van der Waals surface area (Å²) in [5, 5.41) is 22.0. The van der Waals surface area contributed by atoms with E-state index in [1.165, 1.54) is 0 Å². The minimum atomic E-state index is -1.08. The zero-order valence-corrected chi connectivity index (χ0v) is 16.7. The van der Waals surface area contributed by atoms with Gasteiger partial charge in [-0.25, -0.2) is 0 Å². The van der Waals surface area contributed by atoms with Crippen LogP contribution in [0.1, 0.15) is 46.0 Å². The van der Waals surface area contributed by atoms with Crippen molar-refractivity contribution in [3.05, 3.63) is 11.6 Å². The Bertz CT molecular complexity index is 799.